The van der Waals surface area contributed by atoms with E-state index >= 15 is 0 Å². The lowest BCUT2D eigenvalue weighted by Gasteiger charge is -2.13. The van der Waals surface area contributed by atoms with Crippen LogP contribution in [-0.2, 0) is 4.79 Å². The number of aliphatic hydroxyl groups is 1. The molecule has 3 N–H and O–H groups in total. The molecular formula is C19H17N5O2. The van der Waals surface area contributed by atoms with Gasteiger partial charge in [-0.1, -0.05) is 17.9 Å². The van der Waals surface area contributed by atoms with Gasteiger partial charge in [-0.15, -0.1) is 0 Å². The van der Waals surface area contributed by atoms with E-state index in [1.54, 1.807) is 13.2 Å². The van der Waals surface area contributed by atoms with Crippen LogP contribution in [0, 0.1) is 11.8 Å². The van der Waals surface area contributed by atoms with Gasteiger partial charge in [0.15, 0.2) is 0 Å². The number of benzene rings is 1. The van der Waals surface area contributed by atoms with E-state index in [-0.39, 0.29) is 11.9 Å². The second kappa shape index (κ2) is 5.86. The van der Waals surface area contributed by atoms with Crippen LogP contribution < -0.4 is 5.73 Å². The molecule has 0 saturated carbocycles. The first kappa shape index (κ1) is 16.1. The molecule has 1 amide bonds. The third-order valence-corrected chi connectivity index (χ3v) is 4.49. The van der Waals surface area contributed by atoms with E-state index in [2.05, 4.69) is 21.8 Å². The van der Waals surface area contributed by atoms with Crippen LogP contribution in [0.4, 0.5) is 5.95 Å². The summed E-state index contributed by atoms with van der Waals surface area (Å²) in [5.41, 5.74) is 6.34. The predicted molar refractivity (Wildman–Crippen MR) is 97.4 cm³/mol. The van der Waals surface area contributed by atoms with E-state index < -0.39 is 5.60 Å². The summed E-state index contributed by atoms with van der Waals surface area (Å²) in [4.78, 5) is 21.8. The summed E-state index contributed by atoms with van der Waals surface area (Å²) < 4.78 is 1.89. The van der Waals surface area contributed by atoms with Crippen molar-refractivity contribution in [3.05, 3.63) is 48.3 Å². The maximum atomic E-state index is 12.0. The number of nitrogens with two attached hydrogens (primary N) is 1. The van der Waals surface area contributed by atoms with E-state index in [4.69, 9.17) is 5.73 Å². The fraction of sp³-hybridized carbons (Fsp3) is 0.211. The molecule has 1 aliphatic rings. The zero-order chi connectivity index (χ0) is 18.3. The second-order valence-electron chi connectivity index (χ2n) is 6.33. The lowest BCUT2D eigenvalue weighted by molar-refractivity contribution is -0.137. The number of carbonyl (C=O) groups is 1. The molecule has 1 aliphatic heterocycles. The Labute approximate surface area is 150 Å². The number of likely N-dealkylation sites (tertiary alicyclic amines) is 1. The van der Waals surface area contributed by atoms with Gasteiger partial charge in [0.1, 0.15) is 5.65 Å². The van der Waals surface area contributed by atoms with Crippen molar-refractivity contribution in [2.24, 2.45) is 0 Å². The Morgan fingerprint density at radius 3 is 2.96 bits per heavy atom. The SMILES string of the molecule is CN1CCC(O)(C#Cc2cccc(-n3ccc4cnc(N)nc43)c2)C1=O. The van der Waals surface area contributed by atoms with Crippen molar-refractivity contribution in [1.29, 1.82) is 0 Å². The monoisotopic (exact) mass is 347 g/mol. The molecule has 1 atom stereocenters. The van der Waals surface area contributed by atoms with E-state index in [1.807, 2.05) is 41.1 Å². The van der Waals surface area contributed by atoms with Gasteiger partial charge in [-0.3, -0.25) is 4.79 Å². The van der Waals surface area contributed by atoms with Crippen molar-refractivity contribution in [1.82, 2.24) is 19.4 Å². The van der Waals surface area contributed by atoms with Crippen molar-refractivity contribution in [2.75, 3.05) is 19.3 Å². The first-order valence-corrected chi connectivity index (χ1v) is 8.17. The van der Waals surface area contributed by atoms with Gasteiger partial charge in [0.25, 0.3) is 5.91 Å². The summed E-state index contributed by atoms with van der Waals surface area (Å²) >= 11 is 0. The number of anilines is 1. The molecular weight excluding hydrogens is 330 g/mol. The third-order valence-electron chi connectivity index (χ3n) is 4.49. The topological polar surface area (TPSA) is 97.3 Å². The second-order valence-corrected chi connectivity index (χ2v) is 6.33. The molecule has 3 aromatic rings. The fourth-order valence-corrected chi connectivity index (χ4v) is 3.02. The van der Waals surface area contributed by atoms with Gasteiger partial charge < -0.3 is 20.3 Å². The molecule has 0 bridgehead atoms. The van der Waals surface area contributed by atoms with Gasteiger partial charge in [-0.05, 0) is 24.3 Å². The van der Waals surface area contributed by atoms with Crippen molar-refractivity contribution >= 4 is 22.9 Å². The molecule has 1 aromatic carbocycles. The minimum atomic E-state index is -1.60. The number of amides is 1. The largest absolute Gasteiger partial charge is 0.369 e. The van der Waals surface area contributed by atoms with Crippen molar-refractivity contribution in [3.8, 4) is 17.5 Å². The molecule has 2 aromatic heterocycles. The maximum absolute atomic E-state index is 12.0. The van der Waals surface area contributed by atoms with Crippen LogP contribution in [-0.4, -0.2) is 49.6 Å². The van der Waals surface area contributed by atoms with Gasteiger partial charge in [0, 0.05) is 49.0 Å². The van der Waals surface area contributed by atoms with Crippen molar-refractivity contribution < 1.29 is 9.90 Å². The van der Waals surface area contributed by atoms with E-state index in [0.717, 1.165) is 11.1 Å². The van der Waals surface area contributed by atoms with E-state index in [0.29, 0.717) is 24.2 Å². The molecule has 0 aliphatic carbocycles. The molecule has 7 nitrogen and oxygen atoms in total. The van der Waals surface area contributed by atoms with Crippen LogP contribution in [0.2, 0.25) is 0 Å². The number of carbonyl (C=O) groups excluding carboxylic acids is 1. The number of rotatable bonds is 1. The van der Waals surface area contributed by atoms with E-state index in [1.165, 1.54) is 4.90 Å². The molecule has 0 spiro atoms. The Bertz CT molecular complexity index is 1080. The minimum Gasteiger partial charge on any atom is -0.369 e. The normalized spacial score (nSPS) is 19.6. The Balaban J connectivity index is 1.71. The number of nitrogen functional groups attached to an aromatic ring is 1. The Morgan fingerprint density at radius 2 is 2.19 bits per heavy atom. The van der Waals surface area contributed by atoms with Crippen molar-refractivity contribution in [2.45, 2.75) is 12.0 Å². The van der Waals surface area contributed by atoms with Crippen LogP contribution in [0.5, 0.6) is 0 Å². The summed E-state index contributed by atoms with van der Waals surface area (Å²) in [7, 11) is 1.66. The van der Waals surface area contributed by atoms with Gasteiger partial charge in [0.05, 0.1) is 0 Å². The highest BCUT2D eigenvalue weighted by molar-refractivity contribution is 5.90. The smallest absolute Gasteiger partial charge is 0.267 e. The molecule has 1 fully saturated rings. The third kappa shape index (κ3) is 2.66. The Morgan fingerprint density at radius 1 is 1.35 bits per heavy atom. The molecule has 4 rings (SSSR count). The summed E-state index contributed by atoms with van der Waals surface area (Å²) in [6.45, 7) is 0.501. The quantitative estimate of drug-likeness (QED) is 0.639. The molecule has 26 heavy (non-hydrogen) atoms. The lowest BCUT2D eigenvalue weighted by Crippen LogP contribution is -2.37. The summed E-state index contributed by atoms with van der Waals surface area (Å²) in [6, 6.07) is 9.40. The van der Waals surface area contributed by atoms with E-state index in [9.17, 15) is 9.90 Å². The first-order chi connectivity index (χ1) is 12.5. The summed E-state index contributed by atoms with van der Waals surface area (Å²) in [6.07, 6.45) is 3.87. The number of hydrogen-bond acceptors (Lipinski definition) is 5. The highest BCUT2D eigenvalue weighted by Crippen LogP contribution is 2.22. The summed E-state index contributed by atoms with van der Waals surface area (Å²) in [5.74, 6) is 5.51. The van der Waals surface area contributed by atoms with Crippen LogP contribution in [0.1, 0.15) is 12.0 Å². The number of hydrogen-bond donors (Lipinski definition) is 2. The average Bonchev–Trinajstić information content (AvgIpc) is 3.17. The molecule has 0 radical (unpaired) electrons. The average molecular weight is 347 g/mol. The summed E-state index contributed by atoms with van der Waals surface area (Å²) in [5, 5.41) is 11.3. The zero-order valence-corrected chi connectivity index (χ0v) is 14.2. The minimum absolute atomic E-state index is 0.208. The molecule has 7 heteroatoms. The van der Waals surface area contributed by atoms with Gasteiger partial charge in [-0.25, -0.2) is 4.98 Å². The molecule has 3 heterocycles. The van der Waals surface area contributed by atoms with Crippen LogP contribution in [0.15, 0.2) is 42.7 Å². The number of fused-ring (bicyclic) bond motifs is 1. The first-order valence-electron chi connectivity index (χ1n) is 8.17. The fourth-order valence-electron chi connectivity index (χ4n) is 3.02. The molecule has 1 unspecified atom stereocenters. The van der Waals surface area contributed by atoms with Crippen molar-refractivity contribution in [3.63, 3.8) is 0 Å². The standard InChI is InChI=1S/C19H17N5O2/c1-23-10-8-19(26,17(23)25)7-5-13-3-2-4-15(11-13)24-9-6-14-12-21-18(20)22-16(14)24/h2-4,6,9,11-12,26H,8,10H2,1H3,(H2,20,21,22). The molecule has 130 valence electrons. The van der Waals surface area contributed by atoms with Gasteiger partial charge in [-0.2, -0.15) is 4.98 Å². The molecule has 1 saturated heterocycles. The zero-order valence-electron chi connectivity index (χ0n) is 14.2. The predicted octanol–water partition coefficient (Wildman–Crippen LogP) is 0.947. The Kier molecular flexibility index (Phi) is 3.63. The van der Waals surface area contributed by atoms with Crippen LogP contribution >= 0.6 is 0 Å². The Hall–Kier alpha value is -3.37. The van der Waals surface area contributed by atoms with Gasteiger partial charge >= 0.3 is 0 Å². The highest BCUT2D eigenvalue weighted by atomic mass is 16.3. The van der Waals surface area contributed by atoms with Gasteiger partial charge in [0.2, 0.25) is 11.5 Å². The number of likely N-dealkylation sites (N-methyl/N-ethyl adjacent to an activating group) is 1. The maximum Gasteiger partial charge on any atom is 0.267 e. The lowest BCUT2D eigenvalue weighted by atomic mass is 10.0. The number of nitrogens with zero attached hydrogens (tertiary/aromatic N) is 4. The number of aromatic nitrogens is 3. The van der Waals surface area contributed by atoms with Crippen LogP contribution in [0.25, 0.3) is 16.7 Å². The highest BCUT2D eigenvalue weighted by Gasteiger charge is 2.42. The van der Waals surface area contributed by atoms with Crippen LogP contribution in [0.3, 0.4) is 0 Å².